The molecule has 0 saturated heterocycles. The second-order valence-corrected chi connectivity index (χ2v) is 5.89. The topological polar surface area (TPSA) is 416 Å². The predicted molar refractivity (Wildman–Crippen MR) is 92.8 cm³/mol. The molecule has 0 aliphatic carbocycles. The van der Waals surface area contributed by atoms with Crippen molar-refractivity contribution in [1.82, 2.24) is 0 Å². The van der Waals surface area contributed by atoms with Crippen LogP contribution in [0.5, 0.6) is 0 Å². The zero-order valence-corrected chi connectivity index (χ0v) is 16.8. The van der Waals surface area contributed by atoms with Crippen molar-refractivity contribution in [2.24, 2.45) is 0 Å². The zero-order valence-electron chi connectivity index (χ0n) is 16.8. The van der Waals surface area contributed by atoms with E-state index in [4.69, 9.17) is 0 Å². The second kappa shape index (κ2) is 11.3. The first kappa shape index (κ1) is 31.5. The van der Waals surface area contributed by atoms with E-state index in [-0.39, 0.29) is 0 Å². The maximum atomic E-state index is 11.2. The van der Waals surface area contributed by atoms with E-state index in [1.807, 2.05) is 0 Å². The van der Waals surface area contributed by atoms with Crippen LogP contribution in [0.3, 0.4) is 0 Å². The highest BCUT2D eigenvalue weighted by Gasteiger charge is 2.75. The van der Waals surface area contributed by atoms with Crippen LogP contribution in [0, 0.1) is 91.0 Å². The van der Waals surface area contributed by atoms with Crippen molar-refractivity contribution >= 4 is 0 Å². The summed E-state index contributed by atoms with van der Waals surface area (Å²) in [4.78, 5) is 79.8. The van der Waals surface area contributed by atoms with Gasteiger partial charge in [-0.3, -0.25) is 91.0 Å². The molecule has 0 unspecified atom stereocenters. The van der Waals surface area contributed by atoms with Crippen LogP contribution in [0.2, 0.25) is 0 Å². The van der Waals surface area contributed by atoms with Crippen LogP contribution >= 0.6 is 0 Å². The molecule has 0 rings (SSSR count). The van der Waals surface area contributed by atoms with Gasteiger partial charge >= 0.3 is 43.7 Å². The molecule has 0 spiro atoms. The summed E-state index contributed by atoms with van der Waals surface area (Å²) >= 11 is 0. The summed E-state index contributed by atoms with van der Waals surface area (Å²) in [7, 11) is 0. The quantitative estimate of drug-likeness (QED) is 0.0913. The zero-order chi connectivity index (χ0) is 29.5. The summed E-state index contributed by atoms with van der Waals surface area (Å²) < 4.78 is 11.4. The Balaban J connectivity index is 7.35. The van der Waals surface area contributed by atoms with Crippen LogP contribution in [-0.4, -0.2) is 88.0 Å². The number of rotatable bonds is 18. The lowest BCUT2D eigenvalue weighted by Crippen LogP contribution is -2.64. The lowest BCUT2D eigenvalue weighted by Gasteiger charge is -2.24. The molecule has 0 radical (unpaired) electrons. The Bertz CT molecular complexity index is 867. The number of ether oxygens (including phenoxy) is 3. The summed E-state index contributed by atoms with van der Waals surface area (Å²) in [5, 5.41) is 99.5. The highest BCUT2D eigenvalue weighted by molar-refractivity contribution is 4.60. The largest absolute Gasteiger partial charge is 0.647 e. The Morgan fingerprint density at radius 1 is 0.405 bits per heavy atom. The van der Waals surface area contributed by atoms with Crippen LogP contribution < -0.4 is 0 Å². The molecule has 0 fully saturated rings. The molecule has 0 bridgehead atoms. The van der Waals surface area contributed by atoms with Gasteiger partial charge in [-0.2, -0.15) is 14.2 Å². The molecule has 0 aromatic rings. The first-order valence-electron chi connectivity index (χ1n) is 7.96. The van der Waals surface area contributed by atoms with Gasteiger partial charge in [0.1, 0.15) is 29.5 Å². The van der Waals surface area contributed by atoms with Crippen molar-refractivity contribution in [1.29, 1.82) is 0 Å². The first-order valence-corrected chi connectivity index (χ1v) is 7.96. The molecule has 0 aliphatic rings. The third kappa shape index (κ3) is 6.76. The minimum absolute atomic E-state index is 1.89. The fraction of sp³-hybridized carbons (Fsp3) is 1.00. The van der Waals surface area contributed by atoms with Crippen molar-refractivity contribution in [3.63, 3.8) is 0 Å². The van der Waals surface area contributed by atoms with E-state index in [9.17, 15) is 91.0 Å². The van der Waals surface area contributed by atoms with Gasteiger partial charge in [0, 0.05) is 14.8 Å². The molecule has 0 N–H and O–H groups in total. The Hall–Kier alpha value is -5.52. The number of hydrogen-bond acceptors (Lipinski definition) is 21. The summed E-state index contributed by atoms with van der Waals surface area (Å²) in [6.45, 7) is -12.2. The van der Waals surface area contributed by atoms with E-state index in [2.05, 4.69) is 14.2 Å². The smallest absolute Gasteiger partial charge is 0.264 e. The normalized spacial score (nSPS) is 11.9. The molecule has 0 aromatic heterocycles. The minimum atomic E-state index is -4.82. The van der Waals surface area contributed by atoms with Gasteiger partial charge in [0.05, 0.1) is 0 Å². The monoisotopic (exact) mass is 553 g/mol. The standard InChI is InChI=1S/C7H7N9O21/c17-8(18)1-5(11(23)24,12(25)26)35-4(36-6(13(27)28,14(29)30)2-9(19)20)37-7(15(31)32,16(33)34)3-10(21)22/h4H,1-3H2. The molecule has 0 amide bonds. The Morgan fingerprint density at radius 2 is 0.568 bits per heavy atom. The average molecular weight is 553 g/mol. The molecular formula is C7H7N9O21. The van der Waals surface area contributed by atoms with Crippen molar-refractivity contribution in [3.8, 4) is 0 Å². The highest BCUT2D eigenvalue weighted by Crippen LogP contribution is 2.28. The van der Waals surface area contributed by atoms with E-state index in [1.165, 1.54) is 0 Å². The summed E-state index contributed by atoms with van der Waals surface area (Å²) in [5.74, 6) is -14.5. The third-order valence-electron chi connectivity index (χ3n) is 3.57. The molecular weight excluding hydrogens is 546 g/mol. The first-order chi connectivity index (χ1) is 16.7. The van der Waals surface area contributed by atoms with E-state index < -0.39 is 88.0 Å². The number of nitro groups is 9. The Labute approximate surface area is 194 Å². The molecule has 0 saturated carbocycles. The fourth-order valence-electron chi connectivity index (χ4n) is 1.96. The predicted octanol–water partition coefficient (Wildman–Crippen LogP) is -3.23. The average Bonchev–Trinajstić information content (AvgIpc) is 2.69. The summed E-state index contributed by atoms with van der Waals surface area (Å²) in [6.07, 6.45) is 0. The molecule has 0 heterocycles. The van der Waals surface area contributed by atoms with Gasteiger partial charge in [-0.05, 0) is 0 Å². The van der Waals surface area contributed by atoms with E-state index in [1.54, 1.807) is 0 Å². The van der Waals surface area contributed by atoms with Crippen LogP contribution in [0.4, 0.5) is 0 Å². The van der Waals surface area contributed by atoms with Crippen LogP contribution in [0.25, 0.3) is 0 Å². The van der Waals surface area contributed by atoms with Gasteiger partial charge < -0.3 is 0 Å². The second-order valence-electron chi connectivity index (χ2n) is 5.89. The molecule has 30 nitrogen and oxygen atoms in total. The molecule has 0 aliphatic heterocycles. The van der Waals surface area contributed by atoms with Crippen LogP contribution in [-0.2, 0) is 14.2 Å². The lowest BCUT2D eigenvalue weighted by atomic mass is 10.4. The molecule has 0 aromatic carbocycles. The lowest BCUT2D eigenvalue weighted by molar-refractivity contribution is -0.919. The van der Waals surface area contributed by atoms with Crippen molar-refractivity contribution < 1.29 is 58.5 Å². The maximum Gasteiger partial charge on any atom is 0.647 e. The minimum Gasteiger partial charge on any atom is -0.264 e. The summed E-state index contributed by atoms with van der Waals surface area (Å²) in [5.41, 5.74) is 0. The Morgan fingerprint density at radius 3 is 0.676 bits per heavy atom. The van der Waals surface area contributed by atoms with Crippen molar-refractivity contribution in [2.75, 3.05) is 19.6 Å². The van der Waals surface area contributed by atoms with Gasteiger partial charge in [0.25, 0.3) is 0 Å². The maximum absolute atomic E-state index is 11.2. The van der Waals surface area contributed by atoms with Gasteiger partial charge in [0.15, 0.2) is 0 Å². The summed E-state index contributed by atoms with van der Waals surface area (Å²) in [6, 6.07) is 0. The van der Waals surface area contributed by atoms with Gasteiger partial charge in [-0.1, -0.05) is 0 Å². The molecule has 0 atom stereocenters. The van der Waals surface area contributed by atoms with Gasteiger partial charge in [0.2, 0.25) is 0 Å². The highest BCUT2D eigenvalue weighted by atomic mass is 16.9. The van der Waals surface area contributed by atoms with E-state index in [0.717, 1.165) is 0 Å². The van der Waals surface area contributed by atoms with Crippen LogP contribution in [0.15, 0.2) is 0 Å². The fourth-order valence-corrected chi connectivity index (χ4v) is 1.96. The van der Waals surface area contributed by atoms with E-state index in [0.29, 0.717) is 0 Å². The molecule has 206 valence electrons. The third-order valence-corrected chi connectivity index (χ3v) is 3.57. The molecule has 30 heteroatoms. The van der Waals surface area contributed by atoms with E-state index >= 15 is 0 Å². The van der Waals surface area contributed by atoms with Crippen molar-refractivity contribution in [2.45, 2.75) is 24.0 Å². The van der Waals surface area contributed by atoms with Gasteiger partial charge in [-0.15, -0.1) is 0 Å². The SMILES string of the molecule is O=[N+]([O-])CC(OC(OC(C[N+](=O)[O-])([N+](=O)[O-])[N+](=O)[O-])OC(C[N+](=O)[O-])([N+](=O)[O-])[N+](=O)[O-])([N+](=O)[O-])[N+](=O)[O-]. The molecule has 37 heavy (non-hydrogen) atoms. The van der Waals surface area contributed by atoms with Crippen molar-refractivity contribution in [3.05, 3.63) is 91.0 Å². The van der Waals surface area contributed by atoms with Crippen LogP contribution in [0.1, 0.15) is 0 Å². The number of hydrogen-bond donors (Lipinski definition) is 0. The Kier molecular flexibility index (Phi) is 9.59. The van der Waals surface area contributed by atoms with Gasteiger partial charge in [-0.25, -0.2) is 0 Å². The number of nitrogens with zero attached hydrogens (tertiary/aromatic N) is 9.